The Balaban J connectivity index is 1.10. The molecule has 0 aliphatic carbocycles. The van der Waals surface area contributed by atoms with Crippen LogP contribution in [0.15, 0.2) is 60.7 Å². The Bertz CT molecular complexity index is 2270. The van der Waals surface area contributed by atoms with E-state index in [-0.39, 0.29) is 11.6 Å². The topological polar surface area (TPSA) is 175 Å². The third-order valence-electron chi connectivity index (χ3n) is 11.1. The van der Waals surface area contributed by atoms with E-state index in [1.54, 1.807) is 39.8 Å². The van der Waals surface area contributed by atoms with Crippen molar-refractivity contribution in [3.63, 3.8) is 0 Å². The van der Waals surface area contributed by atoms with E-state index in [9.17, 15) is 36.7 Å². The predicted octanol–water partition coefficient (Wildman–Crippen LogP) is 7.35. The summed E-state index contributed by atoms with van der Waals surface area (Å²) in [6, 6.07) is 14.4. The minimum absolute atomic E-state index is 0.205. The minimum atomic E-state index is -3.17. The smallest absolute Gasteiger partial charge is 0.407 e. The molecule has 4 atom stereocenters. The zero-order valence-electron chi connectivity index (χ0n) is 33.8. The summed E-state index contributed by atoms with van der Waals surface area (Å²) >= 11 is 0. The number of likely N-dealkylation sites (tertiary alicyclic amines) is 2. The molecule has 2 aromatic heterocycles. The fraction of sp³-hybridized carbons (Fsp3) is 0.429. The van der Waals surface area contributed by atoms with Gasteiger partial charge in [0.15, 0.2) is 0 Å². The molecule has 0 saturated carbocycles. The normalized spacial score (nSPS) is 19.5. The van der Waals surface area contributed by atoms with Crippen LogP contribution in [0.5, 0.6) is 0 Å². The van der Waals surface area contributed by atoms with Crippen LogP contribution in [0.3, 0.4) is 0 Å². The summed E-state index contributed by atoms with van der Waals surface area (Å²) in [5.74, 6) is -8.03. The number of halogens is 4. The molecule has 4 N–H and O–H groups in total. The molecule has 3 unspecified atom stereocenters. The fourth-order valence-corrected chi connectivity index (χ4v) is 7.92. The SMILES string of the molecule is COC(=O)NC(C(=O)N1CC(F)(F)CC1c1nc2cc(-c3ccc(-c4ccc5[nH]c(C6CC(F)(F)CN6C(=O)[C@@H](NC(=O)OC)C(C)C)nc5c4)cc3)ccc2[nH]1)C(C)C. The number of amides is 4. The van der Waals surface area contributed by atoms with Crippen molar-refractivity contribution < 1.29 is 46.2 Å². The first kappa shape index (κ1) is 41.9. The number of fused-ring (bicyclic) bond motifs is 2. The summed E-state index contributed by atoms with van der Waals surface area (Å²) in [4.78, 5) is 68.7. The van der Waals surface area contributed by atoms with Gasteiger partial charge in [0.2, 0.25) is 11.8 Å². The van der Waals surface area contributed by atoms with Crippen molar-refractivity contribution in [2.24, 2.45) is 11.8 Å². The van der Waals surface area contributed by atoms with E-state index in [4.69, 9.17) is 0 Å². The largest absolute Gasteiger partial charge is 0.453 e. The van der Waals surface area contributed by atoms with Gasteiger partial charge in [-0.1, -0.05) is 64.1 Å². The number of methoxy groups -OCH3 is 2. The quantitative estimate of drug-likeness (QED) is 0.106. The molecule has 7 rings (SSSR count). The van der Waals surface area contributed by atoms with E-state index >= 15 is 0 Å². The maximum absolute atomic E-state index is 14.9. The van der Waals surface area contributed by atoms with Gasteiger partial charge in [0.25, 0.3) is 11.8 Å². The summed E-state index contributed by atoms with van der Waals surface area (Å²) in [5, 5.41) is 4.93. The summed E-state index contributed by atoms with van der Waals surface area (Å²) < 4.78 is 68.8. The van der Waals surface area contributed by atoms with Crippen molar-refractivity contribution in [1.29, 1.82) is 0 Å². The second-order valence-corrected chi connectivity index (χ2v) is 16.1. The number of imidazole rings is 2. The van der Waals surface area contributed by atoms with Gasteiger partial charge >= 0.3 is 12.2 Å². The van der Waals surface area contributed by atoms with Crippen LogP contribution in [-0.2, 0) is 19.1 Å². The number of carbonyl (C=O) groups is 4. The Morgan fingerprint density at radius 2 is 0.983 bits per heavy atom. The molecule has 2 aliphatic heterocycles. The highest BCUT2D eigenvalue weighted by atomic mass is 19.3. The average Bonchev–Trinajstić information content (AvgIpc) is 3.99. The molecule has 5 aromatic rings. The van der Waals surface area contributed by atoms with Gasteiger partial charge in [-0.25, -0.2) is 37.1 Å². The molecule has 0 radical (unpaired) electrons. The van der Waals surface area contributed by atoms with Gasteiger partial charge in [0, 0.05) is 12.8 Å². The number of nitrogens with zero attached hydrogens (tertiary/aromatic N) is 4. The number of ether oxygens (including phenoxy) is 2. The molecule has 14 nitrogen and oxygen atoms in total. The van der Waals surface area contributed by atoms with Crippen molar-refractivity contribution in [1.82, 2.24) is 40.4 Å². The van der Waals surface area contributed by atoms with E-state index in [2.05, 4.69) is 40.0 Å². The van der Waals surface area contributed by atoms with Crippen molar-refractivity contribution in [3.8, 4) is 22.3 Å². The number of rotatable bonds is 10. The van der Waals surface area contributed by atoms with Crippen molar-refractivity contribution >= 4 is 46.1 Å². The standard InChI is InChI=1S/C42H46F4N8O6/c1-21(2)33(51-39(57)59-5)37(55)53-19-41(43,44)17-31(53)35-47-27-13-11-25(15-29(27)49-35)23-7-9-24(10-8-23)26-12-14-28-30(16-26)50-36(48-28)32-18-42(45,46)20-54(32)38(56)34(22(3)4)52-40(58)60-6/h7-16,21-22,31-34H,17-20H2,1-6H3,(H,47,49)(H,48,50)(H,51,57)(H,52,58)/t31?,32?,33-,34?/m0/s1. The highest BCUT2D eigenvalue weighted by Gasteiger charge is 2.51. The molecular weight excluding hydrogens is 789 g/mol. The van der Waals surface area contributed by atoms with E-state index in [0.717, 1.165) is 46.3 Å². The zero-order valence-corrected chi connectivity index (χ0v) is 33.8. The lowest BCUT2D eigenvalue weighted by Crippen LogP contribution is -2.51. The van der Waals surface area contributed by atoms with E-state index in [1.165, 1.54) is 0 Å². The Labute approximate surface area is 342 Å². The zero-order chi connectivity index (χ0) is 43.3. The minimum Gasteiger partial charge on any atom is -0.453 e. The number of aromatic amines is 2. The molecule has 60 heavy (non-hydrogen) atoms. The van der Waals surface area contributed by atoms with Crippen LogP contribution in [0, 0.1) is 11.8 Å². The molecule has 18 heteroatoms. The van der Waals surface area contributed by atoms with Gasteiger partial charge in [-0.15, -0.1) is 0 Å². The van der Waals surface area contributed by atoms with Crippen molar-refractivity contribution in [2.75, 3.05) is 27.3 Å². The second-order valence-electron chi connectivity index (χ2n) is 16.1. The van der Waals surface area contributed by atoms with Crippen LogP contribution in [-0.4, -0.2) is 105 Å². The van der Waals surface area contributed by atoms with E-state index in [0.29, 0.717) is 22.1 Å². The molecule has 4 amide bonds. The number of H-pyrrole nitrogens is 2. The van der Waals surface area contributed by atoms with Crippen LogP contribution >= 0.6 is 0 Å². The number of aromatic nitrogens is 4. The van der Waals surface area contributed by atoms with Crippen molar-refractivity contribution in [3.05, 3.63) is 72.3 Å². The van der Waals surface area contributed by atoms with E-state index < -0.39 is 97.8 Å². The third-order valence-corrected chi connectivity index (χ3v) is 11.1. The number of alkyl carbamates (subject to hydrolysis) is 2. The molecule has 2 fully saturated rings. The number of carbonyl (C=O) groups excluding carboxylic acids is 4. The summed E-state index contributed by atoms with van der Waals surface area (Å²) in [6.45, 7) is 5.17. The first-order valence-corrected chi connectivity index (χ1v) is 19.5. The lowest BCUT2D eigenvalue weighted by atomic mass is 10.00. The van der Waals surface area contributed by atoms with Gasteiger partial charge < -0.3 is 39.9 Å². The average molecular weight is 835 g/mol. The van der Waals surface area contributed by atoms with Gasteiger partial charge in [-0.2, -0.15) is 0 Å². The molecule has 0 spiro atoms. The molecule has 2 saturated heterocycles. The number of benzene rings is 3. The molecule has 3 aromatic carbocycles. The first-order valence-electron chi connectivity index (χ1n) is 19.5. The first-order chi connectivity index (χ1) is 28.4. The number of hydrogen-bond donors (Lipinski definition) is 4. The Kier molecular flexibility index (Phi) is 11.3. The van der Waals surface area contributed by atoms with Crippen LogP contribution in [0.4, 0.5) is 27.2 Å². The number of alkyl halides is 4. The predicted molar refractivity (Wildman–Crippen MR) is 213 cm³/mol. The Hall–Kier alpha value is -6.20. The summed E-state index contributed by atoms with van der Waals surface area (Å²) in [7, 11) is 2.31. The lowest BCUT2D eigenvalue weighted by Gasteiger charge is -2.29. The maximum atomic E-state index is 14.9. The van der Waals surface area contributed by atoms with Gasteiger partial charge in [0.05, 0.1) is 61.5 Å². The highest BCUT2D eigenvalue weighted by molar-refractivity contribution is 5.89. The second kappa shape index (κ2) is 16.1. The lowest BCUT2D eigenvalue weighted by molar-refractivity contribution is -0.137. The Morgan fingerprint density at radius 3 is 1.32 bits per heavy atom. The summed E-state index contributed by atoms with van der Waals surface area (Å²) in [5.41, 5.74) is 5.53. The van der Waals surface area contributed by atoms with Crippen LogP contribution in [0.2, 0.25) is 0 Å². The number of hydrogen-bond acceptors (Lipinski definition) is 8. The highest BCUT2D eigenvalue weighted by Crippen LogP contribution is 2.43. The molecule has 4 heterocycles. The third kappa shape index (κ3) is 8.45. The summed E-state index contributed by atoms with van der Waals surface area (Å²) in [6.07, 6.45) is -2.95. The van der Waals surface area contributed by atoms with Crippen LogP contribution in [0.25, 0.3) is 44.3 Å². The van der Waals surface area contributed by atoms with Crippen LogP contribution < -0.4 is 10.6 Å². The number of nitrogens with one attached hydrogen (secondary N) is 4. The fourth-order valence-electron chi connectivity index (χ4n) is 7.92. The van der Waals surface area contributed by atoms with E-state index in [1.807, 2.05) is 48.5 Å². The van der Waals surface area contributed by atoms with Gasteiger partial charge in [0.1, 0.15) is 23.7 Å². The monoisotopic (exact) mass is 834 g/mol. The van der Waals surface area contributed by atoms with Crippen molar-refractivity contribution in [2.45, 2.75) is 76.5 Å². The van der Waals surface area contributed by atoms with Gasteiger partial charge in [-0.05, 0) is 58.4 Å². The molecule has 2 aliphatic rings. The maximum Gasteiger partial charge on any atom is 0.407 e. The Morgan fingerprint density at radius 1 is 0.633 bits per heavy atom. The molecule has 318 valence electrons. The van der Waals surface area contributed by atoms with Crippen LogP contribution in [0.1, 0.15) is 64.3 Å². The molecule has 0 bridgehead atoms. The molecular formula is C42H46F4N8O6. The van der Waals surface area contributed by atoms with Gasteiger partial charge in [-0.3, -0.25) is 9.59 Å².